The number of nitrogen functional groups attached to an aromatic ring is 1. The highest BCUT2D eigenvalue weighted by atomic mass is 16.1. The number of carbonyl (C=O) groups excluding carboxylic acids is 1. The molecule has 0 aliphatic heterocycles. The Hall–Kier alpha value is -1.58. The van der Waals surface area contributed by atoms with E-state index >= 15 is 0 Å². The van der Waals surface area contributed by atoms with E-state index in [1.54, 1.807) is 18.3 Å². The Labute approximate surface area is 96.3 Å². The van der Waals surface area contributed by atoms with Crippen molar-refractivity contribution < 1.29 is 4.79 Å². The average molecular weight is 221 g/mol. The second kappa shape index (κ2) is 6.10. The number of anilines is 1. The minimum atomic E-state index is -0.0853. The molecule has 0 radical (unpaired) electrons. The molecule has 4 nitrogen and oxygen atoms in total. The lowest BCUT2D eigenvalue weighted by atomic mass is 10.1. The lowest BCUT2D eigenvalue weighted by molar-refractivity contribution is 0.0952. The van der Waals surface area contributed by atoms with Gasteiger partial charge in [-0.05, 0) is 30.9 Å². The van der Waals surface area contributed by atoms with E-state index in [2.05, 4.69) is 24.1 Å². The molecule has 0 aliphatic carbocycles. The third-order valence-corrected chi connectivity index (χ3v) is 2.29. The van der Waals surface area contributed by atoms with Gasteiger partial charge >= 0.3 is 0 Å². The zero-order valence-electron chi connectivity index (χ0n) is 9.86. The highest BCUT2D eigenvalue weighted by Crippen LogP contribution is 2.04. The van der Waals surface area contributed by atoms with E-state index in [1.807, 2.05) is 0 Å². The summed E-state index contributed by atoms with van der Waals surface area (Å²) in [6, 6.07) is 3.24. The van der Waals surface area contributed by atoms with Crippen LogP contribution in [0.15, 0.2) is 18.3 Å². The van der Waals surface area contributed by atoms with Crippen LogP contribution in [0.1, 0.15) is 37.0 Å². The second-order valence-corrected chi connectivity index (χ2v) is 4.26. The third-order valence-electron chi connectivity index (χ3n) is 2.29. The fraction of sp³-hybridized carbons (Fsp3) is 0.500. The molecule has 0 bridgehead atoms. The van der Waals surface area contributed by atoms with Crippen molar-refractivity contribution in [1.82, 2.24) is 10.3 Å². The quantitative estimate of drug-likeness (QED) is 0.745. The van der Waals surface area contributed by atoms with E-state index in [9.17, 15) is 4.79 Å². The van der Waals surface area contributed by atoms with E-state index in [-0.39, 0.29) is 5.91 Å². The number of aromatic nitrogens is 1. The number of pyridine rings is 1. The van der Waals surface area contributed by atoms with Crippen LogP contribution >= 0.6 is 0 Å². The summed E-state index contributed by atoms with van der Waals surface area (Å²) in [6.07, 6.45) is 3.67. The first-order valence-corrected chi connectivity index (χ1v) is 5.59. The molecule has 88 valence electrons. The maximum Gasteiger partial charge on any atom is 0.251 e. The maximum atomic E-state index is 11.6. The number of hydrogen-bond donors (Lipinski definition) is 2. The Bertz CT molecular complexity index is 350. The van der Waals surface area contributed by atoms with Gasteiger partial charge in [-0.25, -0.2) is 4.98 Å². The Morgan fingerprint density at radius 3 is 2.94 bits per heavy atom. The zero-order chi connectivity index (χ0) is 12.0. The summed E-state index contributed by atoms with van der Waals surface area (Å²) in [5.41, 5.74) is 6.07. The van der Waals surface area contributed by atoms with E-state index in [0.717, 1.165) is 12.8 Å². The fourth-order valence-corrected chi connectivity index (χ4v) is 1.40. The predicted octanol–water partition coefficient (Wildman–Crippen LogP) is 1.83. The Morgan fingerprint density at radius 2 is 2.31 bits per heavy atom. The molecular formula is C12H19N3O. The summed E-state index contributed by atoms with van der Waals surface area (Å²) in [5, 5.41) is 2.86. The first-order valence-electron chi connectivity index (χ1n) is 5.59. The first kappa shape index (κ1) is 12.5. The van der Waals surface area contributed by atoms with Gasteiger partial charge in [-0.3, -0.25) is 4.79 Å². The largest absolute Gasteiger partial charge is 0.384 e. The Balaban J connectivity index is 2.35. The molecule has 0 aliphatic rings. The second-order valence-electron chi connectivity index (χ2n) is 4.26. The SMILES string of the molecule is CC(C)CCCNC(=O)c1ccnc(N)c1. The first-order chi connectivity index (χ1) is 7.59. The van der Waals surface area contributed by atoms with E-state index in [0.29, 0.717) is 23.8 Å². The summed E-state index contributed by atoms with van der Waals surface area (Å²) in [5.74, 6) is 0.959. The van der Waals surface area contributed by atoms with Crippen LogP contribution in [-0.2, 0) is 0 Å². The lowest BCUT2D eigenvalue weighted by Gasteiger charge is -2.06. The average Bonchev–Trinajstić information content (AvgIpc) is 2.24. The number of nitrogens with two attached hydrogens (primary N) is 1. The normalized spacial score (nSPS) is 10.4. The molecule has 3 N–H and O–H groups in total. The van der Waals surface area contributed by atoms with Crippen LogP contribution in [-0.4, -0.2) is 17.4 Å². The molecule has 0 fully saturated rings. The van der Waals surface area contributed by atoms with Crippen molar-refractivity contribution in [3.8, 4) is 0 Å². The third kappa shape index (κ3) is 4.29. The van der Waals surface area contributed by atoms with Gasteiger partial charge in [0.2, 0.25) is 0 Å². The molecule has 1 aromatic heterocycles. The Kier molecular flexibility index (Phi) is 4.76. The lowest BCUT2D eigenvalue weighted by Crippen LogP contribution is -2.24. The molecule has 1 amide bonds. The summed E-state index contributed by atoms with van der Waals surface area (Å²) in [6.45, 7) is 5.05. The number of carbonyl (C=O) groups is 1. The molecule has 16 heavy (non-hydrogen) atoms. The van der Waals surface area contributed by atoms with Crippen LogP contribution in [0.3, 0.4) is 0 Å². The minimum absolute atomic E-state index is 0.0853. The van der Waals surface area contributed by atoms with Crippen LogP contribution in [0.2, 0.25) is 0 Å². The molecule has 0 spiro atoms. The van der Waals surface area contributed by atoms with Crippen molar-refractivity contribution >= 4 is 11.7 Å². The van der Waals surface area contributed by atoms with Gasteiger partial charge < -0.3 is 11.1 Å². The van der Waals surface area contributed by atoms with Crippen molar-refractivity contribution in [3.05, 3.63) is 23.9 Å². The molecule has 0 atom stereocenters. The highest BCUT2D eigenvalue weighted by molar-refractivity contribution is 5.94. The van der Waals surface area contributed by atoms with Crippen LogP contribution in [0, 0.1) is 5.92 Å². The van der Waals surface area contributed by atoms with Crippen molar-refractivity contribution in [2.45, 2.75) is 26.7 Å². The molecule has 0 saturated heterocycles. The Morgan fingerprint density at radius 1 is 1.56 bits per heavy atom. The van der Waals surface area contributed by atoms with Gasteiger partial charge in [0.25, 0.3) is 5.91 Å². The zero-order valence-corrected chi connectivity index (χ0v) is 9.86. The number of rotatable bonds is 5. The maximum absolute atomic E-state index is 11.6. The van der Waals surface area contributed by atoms with Crippen LogP contribution in [0.25, 0.3) is 0 Å². The van der Waals surface area contributed by atoms with Crippen molar-refractivity contribution in [1.29, 1.82) is 0 Å². The summed E-state index contributed by atoms with van der Waals surface area (Å²) >= 11 is 0. The van der Waals surface area contributed by atoms with Crippen molar-refractivity contribution in [3.63, 3.8) is 0 Å². The summed E-state index contributed by atoms with van der Waals surface area (Å²) < 4.78 is 0. The van der Waals surface area contributed by atoms with Gasteiger partial charge in [-0.15, -0.1) is 0 Å². The fourth-order valence-electron chi connectivity index (χ4n) is 1.40. The molecule has 0 aromatic carbocycles. The van der Waals surface area contributed by atoms with Gasteiger partial charge in [0.1, 0.15) is 5.82 Å². The highest BCUT2D eigenvalue weighted by Gasteiger charge is 2.05. The van der Waals surface area contributed by atoms with Crippen LogP contribution in [0.5, 0.6) is 0 Å². The number of hydrogen-bond acceptors (Lipinski definition) is 3. The smallest absolute Gasteiger partial charge is 0.251 e. The minimum Gasteiger partial charge on any atom is -0.384 e. The molecule has 0 unspecified atom stereocenters. The van der Waals surface area contributed by atoms with Gasteiger partial charge in [-0.1, -0.05) is 13.8 Å². The van der Waals surface area contributed by atoms with E-state index in [1.165, 1.54) is 0 Å². The van der Waals surface area contributed by atoms with Crippen LogP contribution < -0.4 is 11.1 Å². The number of nitrogens with one attached hydrogen (secondary N) is 1. The van der Waals surface area contributed by atoms with Crippen molar-refractivity contribution in [2.24, 2.45) is 5.92 Å². The van der Waals surface area contributed by atoms with Gasteiger partial charge in [0, 0.05) is 18.3 Å². The summed E-state index contributed by atoms with van der Waals surface area (Å²) in [4.78, 5) is 15.5. The monoisotopic (exact) mass is 221 g/mol. The van der Waals surface area contributed by atoms with Gasteiger partial charge in [-0.2, -0.15) is 0 Å². The molecule has 1 heterocycles. The topological polar surface area (TPSA) is 68.0 Å². The molecule has 1 aromatic rings. The number of amides is 1. The molecule has 0 saturated carbocycles. The van der Waals surface area contributed by atoms with Gasteiger partial charge in [0.15, 0.2) is 0 Å². The summed E-state index contributed by atoms with van der Waals surface area (Å²) in [7, 11) is 0. The van der Waals surface area contributed by atoms with Crippen molar-refractivity contribution in [2.75, 3.05) is 12.3 Å². The molecule has 4 heteroatoms. The molecule has 1 rings (SSSR count). The standard InChI is InChI=1S/C12H19N3O/c1-9(2)4-3-6-15-12(16)10-5-7-14-11(13)8-10/h5,7-9H,3-4,6H2,1-2H3,(H2,13,14)(H,15,16). The molecular weight excluding hydrogens is 202 g/mol. The van der Waals surface area contributed by atoms with Crippen LogP contribution in [0.4, 0.5) is 5.82 Å². The van der Waals surface area contributed by atoms with E-state index in [4.69, 9.17) is 5.73 Å². The van der Waals surface area contributed by atoms with E-state index < -0.39 is 0 Å². The van der Waals surface area contributed by atoms with Gasteiger partial charge in [0.05, 0.1) is 0 Å². The predicted molar refractivity (Wildman–Crippen MR) is 65.1 cm³/mol. The number of nitrogens with zero attached hydrogens (tertiary/aromatic N) is 1.